The van der Waals surface area contributed by atoms with Crippen molar-refractivity contribution in [3.63, 3.8) is 0 Å². The van der Waals surface area contributed by atoms with Gasteiger partial charge in [-0.15, -0.1) is 0 Å². The molecule has 0 N–H and O–H groups in total. The van der Waals surface area contributed by atoms with Crippen molar-refractivity contribution < 1.29 is 18.8 Å². The number of fused-ring (bicyclic) bond motifs is 1. The lowest BCUT2D eigenvalue weighted by Gasteiger charge is -2.14. The first-order valence-electron chi connectivity index (χ1n) is 9.14. The fourth-order valence-electron chi connectivity index (χ4n) is 3.69. The summed E-state index contributed by atoms with van der Waals surface area (Å²) in [6.45, 7) is 0.394. The summed E-state index contributed by atoms with van der Waals surface area (Å²) in [4.78, 5) is 30.7. The lowest BCUT2D eigenvalue weighted by Crippen LogP contribution is -2.32. The van der Waals surface area contributed by atoms with Crippen molar-refractivity contribution in [3.8, 4) is 17.1 Å². The summed E-state index contributed by atoms with van der Waals surface area (Å²) in [5, 5.41) is 4.00. The van der Waals surface area contributed by atoms with Crippen molar-refractivity contribution in [3.05, 3.63) is 42.3 Å². The molecule has 2 amide bonds. The van der Waals surface area contributed by atoms with Crippen LogP contribution in [0.3, 0.4) is 0 Å². The van der Waals surface area contributed by atoms with Gasteiger partial charge < -0.3 is 9.26 Å². The fraction of sp³-hybridized carbons (Fsp3) is 0.400. The molecule has 140 valence electrons. The van der Waals surface area contributed by atoms with Crippen LogP contribution in [0.2, 0.25) is 0 Å². The number of allylic oxidation sites excluding steroid dienone is 2. The number of amides is 2. The quantitative estimate of drug-likeness (QED) is 0.576. The number of likely N-dealkylation sites (tertiary alicyclic amines) is 1. The smallest absolute Gasteiger partial charge is 0.233 e. The average molecular weight is 367 g/mol. The fourth-order valence-corrected chi connectivity index (χ4v) is 3.69. The SMILES string of the molecule is COc1ccc(-c2noc(CCCN3C(=O)C4CC=CCC4C3=O)n2)cc1. The molecule has 1 aliphatic heterocycles. The number of rotatable bonds is 6. The molecule has 4 rings (SSSR count). The number of aromatic nitrogens is 2. The molecule has 2 aliphatic rings. The van der Waals surface area contributed by atoms with E-state index in [1.54, 1.807) is 7.11 Å². The first-order valence-corrected chi connectivity index (χ1v) is 9.14. The normalized spacial score (nSPS) is 21.6. The standard InChI is InChI=1S/C20H21N3O4/c1-26-14-10-8-13(9-11-14)18-21-17(27-22-18)7-4-12-23-19(24)15-5-2-3-6-16(15)20(23)25/h2-3,8-11,15-16H,4-7,12H2,1H3. The molecule has 1 fully saturated rings. The van der Waals surface area contributed by atoms with Gasteiger partial charge in [0.15, 0.2) is 0 Å². The van der Waals surface area contributed by atoms with E-state index in [1.807, 2.05) is 36.4 Å². The number of hydrogen-bond donors (Lipinski definition) is 0. The Kier molecular flexibility index (Phi) is 4.75. The summed E-state index contributed by atoms with van der Waals surface area (Å²) in [6, 6.07) is 7.41. The molecule has 0 radical (unpaired) electrons. The molecular weight excluding hydrogens is 346 g/mol. The largest absolute Gasteiger partial charge is 0.497 e. The van der Waals surface area contributed by atoms with E-state index in [2.05, 4.69) is 10.1 Å². The lowest BCUT2D eigenvalue weighted by atomic mass is 9.85. The molecule has 7 heteroatoms. The van der Waals surface area contributed by atoms with E-state index >= 15 is 0 Å². The van der Waals surface area contributed by atoms with Gasteiger partial charge >= 0.3 is 0 Å². The van der Waals surface area contributed by atoms with Gasteiger partial charge in [0.05, 0.1) is 18.9 Å². The molecule has 2 aromatic rings. The Morgan fingerprint density at radius 2 is 1.78 bits per heavy atom. The highest BCUT2D eigenvalue weighted by Crippen LogP contribution is 2.35. The number of nitrogens with zero attached hydrogens (tertiary/aromatic N) is 3. The Balaban J connectivity index is 1.34. The van der Waals surface area contributed by atoms with Crippen molar-refractivity contribution in [1.29, 1.82) is 0 Å². The number of ether oxygens (including phenoxy) is 1. The molecule has 0 spiro atoms. The van der Waals surface area contributed by atoms with Crippen LogP contribution in [-0.2, 0) is 16.0 Å². The van der Waals surface area contributed by atoms with E-state index in [9.17, 15) is 9.59 Å². The highest BCUT2D eigenvalue weighted by Gasteiger charge is 2.46. The van der Waals surface area contributed by atoms with Crippen LogP contribution in [0.4, 0.5) is 0 Å². The van der Waals surface area contributed by atoms with Gasteiger partial charge in [-0.05, 0) is 43.5 Å². The lowest BCUT2D eigenvalue weighted by molar-refractivity contribution is -0.139. The highest BCUT2D eigenvalue weighted by atomic mass is 16.5. The number of hydrogen-bond acceptors (Lipinski definition) is 6. The van der Waals surface area contributed by atoms with Gasteiger partial charge in [0.25, 0.3) is 0 Å². The predicted molar refractivity (Wildman–Crippen MR) is 96.7 cm³/mol. The number of carbonyl (C=O) groups excluding carboxylic acids is 2. The van der Waals surface area contributed by atoms with Crippen molar-refractivity contribution in [1.82, 2.24) is 15.0 Å². The minimum atomic E-state index is -0.174. The Bertz CT molecular complexity index is 846. The van der Waals surface area contributed by atoms with Crippen LogP contribution in [-0.4, -0.2) is 40.5 Å². The number of methoxy groups -OCH3 is 1. The molecule has 2 atom stereocenters. The van der Waals surface area contributed by atoms with Crippen LogP contribution in [0.15, 0.2) is 40.9 Å². The second-order valence-corrected chi connectivity index (χ2v) is 6.83. The van der Waals surface area contributed by atoms with Crippen molar-refractivity contribution in [2.75, 3.05) is 13.7 Å². The summed E-state index contributed by atoms with van der Waals surface area (Å²) in [7, 11) is 1.61. The maximum Gasteiger partial charge on any atom is 0.233 e. The van der Waals surface area contributed by atoms with E-state index < -0.39 is 0 Å². The zero-order valence-electron chi connectivity index (χ0n) is 15.1. The van der Waals surface area contributed by atoms with Crippen LogP contribution in [0.1, 0.15) is 25.2 Å². The molecule has 2 unspecified atom stereocenters. The van der Waals surface area contributed by atoms with Crippen LogP contribution in [0.25, 0.3) is 11.4 Å². The van der Waals surface area contributed by atoms with Crippen LogP contribution >= 0.6 is 0 Å². The maximum absolute atomic E-state index is 12.4. The average Bonchev–Trinajstić information content (AvgIpc) is 3.27. The third kappa shape index (κ3) is 3.37. The number of benzene rings is 1. The molecule has 1 aromatic carbocycles. The maximum atomic E-state index is 12.4. The van der Waals surface area contributed by atoms with Gasteiger partial charge in [0.2, 0.25) is 23.5 Å². The van der Waals surface area contributed by atoms with E-state index in [-0.39, 0.29) is 23.7 Å². The van der Waals surface area contributed by atoms with Crippen molar-refractivity contribution in [2.24, 2.45) is 11.8 Å². The second-order valence-electron chi connectivity index (χ2n) is 6.83. The van der Waals surface area contributed by atoms with E-state index in [1.165, 1.54) is 4.90 Å². The third-order valence-corrected chi connectivity index (χ3v) is 5.19. The van der Waals surface area contributed by atoms with Crippen molar-refractivity contribution in [2.45, 2.75) is 25.7 Å². The van der Waals surface area contributed by atoms with Gasteiger partial charge in [-0.1, -0.05) is 17.3 Å². The van der Waals surface area contributed by atoms with E-state index in [0.717, 1.165) is 11.3 Å². The summed E-state index contributed by atoms with van der Waals surface area (Å²) in [6.07, 6.45) is 6.45. The molecular formula is C20H21N3O4. The molecule has 0 saturated carbocycles. The Hall–Kier alpha value is -2.96. The number of imide groups is 1. The molecule has 7 nitrogen and oxygen atoms in total. The van der Waals surface area contributed by atoms with E-state index in [0.29, 0.717) is 43.9 Å². The van der Waals surface area contributed by atoms with Gasteiger partial charge in [-0.2, -0.15) is 4.98 Å². The minimum Gasteiger partial charge on any atom is -0.497 e. The molecule has 27 heavy (non-hydrogen) atoms. The second kappa shape index (κ2) is 7.34. The van der Waals surface area contributed by atoms with Gasteiger partial charge in [0.1, 0.15) is 5.75 Å². The molecule has 1 aliphatic carbocycles. The number of aryl methyl sites for hydroxylation is 1. The third-order valence-electron chi connectivity index (χ3n) is 5.19. The Morgan fingerprint density at radius 1 is 1.11 bits per heavy atom. The monoisotopic (exact) mass is 367 g/mol. The summed E-state index contributed by atoms with van der Waals surface area (Å²) in [5.74, 6) is 1.34. The van der Waals surface area contributed by atoms with Crippen molar-refractivity contribution >= 4 is 11.8 Å². The Labute approximate surface area is 157 Å². The highest BCUT2D eigenvalue weighted by molar-refractivity contribution is 6.05. The molecule has 1 saturated heterocycles. The zero-order valence-corrected chi connectivity index (χ0v) is 15.1. The summed E-state index contributed by atoms with van der Waals surface area (Å²) in [5.41, 5.74) is 0.840. The first kappa shape index (κ1) is 17.5. The summed E-state index contributed by atoms with van der Waals surface area (Å²) >= 11 is 0. The predicted octanol–water partition coefficient (Wildman–Crippen LogP) is 2.63. The van der Waals surface area contributed by atoms with Crippen LogP contribution in [0.5, 0.6) is 5.75 Å². The minimum absolute atomic E-state index is 0.0428. The number of carbonyl (C=O) groups is 2. The van der Waals surface area contributed by atoms with Gasteiger partial charge in [0, 0.05) is 18.5 Å². The zero-order chi connectivity index (χ0) is 18.8. The van der Waals surface area contributed by atoms with E-state index in [4.69, 9.17) is 9.26 Å². The first-order chi connectivity index (χ1) is 13.2. The molecule has 1 aromatic heterocycles. The van der Waals surface area contributed by atoms with Gasteiger partial charge in [-0.25, -0.2) is 0 Å². The molecule has 2 heterocycles. The van der Waals surface area contributed by atoms with Gasteiger partial charge in [-0.3, -0.25) is 14.5 Å². The topological polar surface area (TPSA) is 85.5 Å². The molecule has 0 bridgehead atoms. The summed E-state index contributed by atoms with van der Waals surface area (Å²) < 4.78 is 10.4. The van der Waals surface area contributed by atoms with Crippen LogP contribution in [0, 0.1) is 11.8 Å². The van der Waals surface area contributed by atoms with Crippen LogP contribution < -0.4 is 4.74 Å². The Morgan fingerprint density at radius 3 is 2.41 bits per heavy atom.